The molecule has 0 aliphatic rings. The maximum absolute atomic E-state index is 13.7. The van der Waals surface area contributed by atoms with Gasteiger partial charge in [-0.05, 0) is 19.9 Å². The zero-order valence-corrected chi connectivity index (χ0v) is 14.2. The number of aromatic nitrogens is 2. The molecule has 1 amide bonds. The van der Waals surface area contributed by atoms with Crippen molar-refractivity contribution in [3.05, 3.63) is 57.1 Å². The van der Waals surface area contributed by atoms with Gasteiger partial charge in [-0.15, -0.1) is 0 Å². The SMILES string of the molecule is Cc1[nH]c(=O)nc(SCC(=O)N[C@@H](C)c2ccc(F)cc2F)c1C#N. The molecule has 2 N–H and O–H groups in total. The number of nitrogens with zero attached hydrogens (tertiary/aromatic N) is 2. The van der Waals surface area contributed by atoms with Crippen molar-refractivity contribution in [3.63, 3.8) is 0 Å². The van der Waals surface area contributed by atoms with Gasteiger partial charge in [-0.2, -0.15) is 10.2 Å². The van der Waals surface area contributed by atoms with Crippen LogP contribution in [0, 0.1) is 29.9 Å². The molecule has 9 heteroatoms. The molecule has 2 rings (SSSR count). The lowest BCUT2D eigenvalue weighted by Crippen LogP contribution is -2.29. The molecule has 0 spiro atoms. The van der Waals surface area contributed by atoms with Crippen LogP contribution < -0.4 is 11.0 Å². The number of rotatable bonds is 5. The number of carbonyl (C=O) groups excluding carboxylic acids is 1. The van der Waals surface area contributed by atoms with Crippen molar-refractivity contribution in [2.75, 3.05) is 5.75 Å². The van der Waals surface area contributed by atoms with Gasteiger partial charge in [-0.3, -0.25) is 4.79 Å². The summed E-state index contributed by atoms with van der Waals surface area (Å²) < 4.78 is 26.6. The minimum absolute atomic E-state index is 0.113. The molecule has 0 aliphatic heterocycles. The van der Waals surface area contributed by atoms with E-state index in [0.717, 1.165) is 23.9 Å². The number of amides is 1. The Morgan fingerprint density at radius 3 is 2.84 bits per heavy atom. The average molecular weight is 364 g/mol. The minimum Gasteiger partial charge on any atom is -0.349 e. The van der Waals surface area contributed by atoms with Crippen LogP contribution in [0.1, 0.15) is 29.8 Å². The smallest absolute Gasteiger partial charge is 0.346 e. The second kappa shape index (κ2) is 7.90. The van der Waals surface area contributed by atoms with Gasteiger partial charge in [0.25, 0.3) is 0 Å². The predicted octanol–water partition coefficient (Wildman–Crippen LogP) is 2.20. The van der Waals surface area contributed by atoms with Gasteiger partial charge in [-0.1, -0.05) is 17.8 Å². The van der Waals surface area contributed by atoms with Crippen LogP contribution in [0.15, 0.2) is 28.0 Å². The van der Waals surface area contributed by atoms with Crippen LogP contribution in [0.25, 0.3) is 0 Å². The molecule has 1 heterocycles. The third kappa shape index (κ3) is 4.64. The molecule has 2 aromatic rings. The first-order valence-corrected chi connectivity index (χ1v) is 8.18. The van der Waals surface area contributed by atoms with Crippen molar-refractivity contribution >= 4 is 17.7 Å². The molecular weight excluding hydrogens is 350 g/mol. The van der Waals surface area contributed by atoms with Gasteiger partial charge >= 0.3 is 5.69 Å². The molecule has 130 valence electrons. The zero-order chi connectivity index (χ0) is 18.6. The van der Waals surface area contributed by atoms with Crippen LogP contribution in [-0.4, -0.2) is 21.6 Å². The first kappa shape index (κ1) is 18.6. The van der Waals surface area contributed by atoms with Gasteiger partial charge in [0.05, 0.1) is 11.8 Å². The summed E-state index contributed by atoms with van der Waals surface area (Å²) in [5.41, 5.74) is 0.103. The summed E-state index contributed by atoms with van der Waals surface area (Å²) in [4.78, 5) is 29.5. The molecule has 0 aliphatic carbocycles. The highest BCUT2D eigenvalue weighted by atomic mass is 32.2. The summed E-state index contributed by atoms with van der Waals surface area (Å²) in [5.74, 6) is -2.00. The Kier molecular flexibility index (Phi) is 5.88. The number of halogens is 2. The standard InChI is InChI=1S/C16H14F2N4O2S/c1-8(11-4-3-10(17)5-13(11)18)20-14(23)7-25-15-12(6-19)9(2)21-16(24)22-15/h3-5,8H,7H2,1-2H3,(H,20,23)(H,21,22,24)/t8-/m0/s1. The maximum atomic E-state index is 13.7. The Balaban J connectivity index is 2.04. The molecule has 1 aromatic carbocycles. The Hall–Kier alpha value is -2.73. The molecule has 0 saturated carbocycles. The number of carbonyl (C=O) groups is 1. The van der Waals surface area contributed by atoms with E-state index in [9.17, 15) is 18.4 Å². The lowest BCUT2D eigenvalue weighted by molar-refractivity contribution is -0.119. The molecule has 0 saturated heterocycles. The van der Waals surface area contributed by atoms with E-state index in [0.29, 0.717) is 5.69 Å². The summed E-state index contributed by atoms with van der Waals surface area (Å²) in [6.45, 7) is 3.13. The van der Waals surface area contributed by atoms with E-state index in [1.54, 1.807) is 13.8 Å². The predicted molar refractivity (Wildman–Crippen MR) is 87.9 cm³/mol. The van der Waals surface area contributed by atoms with Crippen molar-refractivity contribution in [1.29, 1.82) is 5.26 Å². The topological polar surface area (TPSA) is 98.6 Å². The van der Waals surface area contributed by atoms with Crippen LogP contribution in [0.5, 0.6) is 0 Å². The van der Waals surface area contributed by atoms with Crippen LogP contribution in [0.2, 0.25) is 0 Å². The van der Waals surface area contributed by atoms with Crippen LogP contribution in [-0.2, 0) is 4.79 Å². The van der Waals surface area contributed by atoms with E-state index in [2.05, 4.69) is 15.3 Å². The fourth-order valence-electron chi connectivity index (χ4n) is 2.14. The van der Waals surface area contributed by atoms with E-state index in [1.807, 2.05) is 6.07 Å². The van der Waals surface area contributed by atoms with Gasteiger partial charge in [0.1, 0.15) is 28.3 Å². The van der Waals surface area contributed by atoms with E-state index in [-0.39, 0.29) is 21.9 Å². The number of hydrogen-bond donors (Lipinski definition) is 2. The molecule has 0 fully saturated rings. The number of H-pyrrole nitrogens is 1. The van der Waals surface area contributed by atoms with E-state index >= 15 is 0 Å². The Bertz CT molecular complexity index is 908. The second-order valence-electron chi connectivity index (χ2n) is 5.20. The van der Waals surface area contributed by atoms with E-state index in [1.165, 1.54) is 6.07 Å². The lowest BCUT2D eigenvalue weighted by Gasteiger charge is -2.15. The maximum Gasteiger partial charge on any atom is 0.346 e. The van der Waals surface area contributed by atoms with E-state index < -0.39 is 29.3 Å². The zero-order valence-electron chi connectivity index (χ0n) is 13.4. The van der Waals surface area contributed by atoms with Gasteiger partial charge in [-0.25, -0.2) is 13.6 Å². The van der Waals surface area contributed by atoms with Crippen molar-refractivity contribution < 1.29 is 13.6 Å². The van der Waals surface area contributed by atoms with Crippen molar-refractivity contribution in [2.24, 2.45) is 0 Å². The molecule has 25 heavy (non-hydrogen) atoms. The number of hydrogen-bond acceptors (Lipinski definition) is 5. The fourth-order valence-corrected chi connectivity index (χ4v) is 2.98. The first-order valence-electron chi connectivity index (χ1n) is 7.20. The van der Waals surface area contributed by atoms with Gasteiger partial charge in [0, 0.05) is 17.3 Å². The number of aromatic amines is 1. The number of nitrogens with one attached hydrogen (secondary N) is 2. The largest absolute Gasteiger partial charge is 0.349 e. The number of benzene rings is 1. The molecule has 0 radical (unpaired) electrons. The number of thioether (sulfide) groups is 1. The fraction of sp³-hybridized carbons (Fsp3) is 0.250. The number of aryl methyl sites for hydroxylation is 1. The normalized spacial score (nSPS) is 11.6. The lowest BCUT2D eigenvalue weighted by atomic mass is 10.1. The molecular formula is C16H14F2N4O2S. The quantitative estimate of drug-likeness (QED) is 0.626. The highest BCUT2D eigenvalue weighted by Crippen LogP contribution is 2.21. The molecule has 6 nitrogen and oxygen atoms in total. The average Bonchev–Trinajstić information content (AvgIpc) is 2.52. The second-order valence-corrected chi connectivity index (χ2v) is 6.17. The molecule has 0 unspecified atom stereocenters. The molecule has 0 bridgehead atoms. The van der Waals surface area contributed by atoms with Gasteiger partial charge < -0.3 is 10.3 Å². The highest BCUT2D eigenvalue weighted by molar-refractivity contribution is 8.00. The number of nitriles is 1. The molecule has 1 aromatic heterocycles. The Morgan fingerprint density at radius 2 is 2.20 bits per heavy atom. The monoisotopic (exact) mass is 364 g/mol. The first-order chi connectivity index (χ1) is 11.8. The van der Waals surface area contributed by atoms with E-state index in [4.69, 9.17) is 5.26 Å². The van der Waals surface area contributed by atoms with Crippen LogP contribution in [0.3, 0.4) is 0 Å². The minimum atomic E-state index is -0.751. The summed E-state index contributed by atoms with van der Waals surface area (Å²) >= 11 is 0.932. The van der Waals surface area contributed by atoms with Crippen LogP contribution in [0.4, 0.5) is 8.78 Å². The van der Waals surface area contributed by atoms with Crippen molar-refractivity contribution in [3.8, 4) is 6.07 Å². The van der Waals surface area contributed by atoms with Gasteiger partial charge in [0.15, 0.2) is 0 Å². The summed E-state index contributed by atoms with van der Waals surface area (Å²) in [7, 11) is 0. The third-order valence-electron chi connectivity index (χ3n) is 3.34. The van der Waals surface area contributed by atoms with Crippen molar-refractivity contribution in [2.45, 2.75) is 24.9 Å². The Morgan fingerprint density at radius 1 is 1.48 bits per heavy atom. The summed E-state index contributed by atoms with van der Waals surface area (Å²) in [6, 6.07) is 4.37. The molecule has 1 atom stereocenters. The Labute approximate surface area is 146 Å². The van der Waals surface area contributed by atoms with Crippen molar-refractivity contribution in [1.82, 2.24) is 15.3 Å². The highest BCUT2D eigenvalue weighted by Gasteiger charge is 2.16. The summed E-state index contributed by atoms with van der Waals surface area (Å²) in [5, 5.41) is 11.8. The van der Waals surface area contributed by atoms with Crippen LogP contribution >= 0.6 is 11.8 Å². The van der Waals surface area contributed by atoms with Gasteiger partial charge in [0.2, 0.25) is 5.91 Å². The summed E-state index contributed by atoms with van der Waals surface area (Å²) in [6.07, 6.45) is 0. The third-order valence-corrected chi connectivity index (χ3v) is 4.32.